The number of carbonyl (C=O) groups is 1. The number of hydrogen-bond acceptors (Lipinski definition) is 7. The standard InChI is InChI=1S/C14H19N3O3S/c1-6-19-13(18)12-10(5)21-14(16-12)15-7(2)11-8(3)17-20-9(11)4/h7H,6H2,1-5H3,(H,15,16). The van der Waals surface area contributed by atoms with E-state index in [2.05, 4.69) is 15.5 Å². The monoisotopic (exact) mass is 309 g/mol. The lowest BCUT2D eigenvalue weighted by molar-refractivity contribution is 0.0519. The Bertz CT molecular complexity index is 628. The van der Waals surface area contributed by atoms with Gasteiger partial charge in [-0.05, 0) is 34.6 Å². The molecule has 0 saturated heterocycles. The fraction of sp³-hybridized carbons (Fsp3) is 0.500. The minimum absolute atomic E-state index is 0.00292. The molecule has 2 aromatic heterocycles. The van der Waals surface area contributed by atoms with Gasteiger partial charge in [-0.3, -0.25) is 0 Å². The molecule has 0 aromatic carbocycles. The number of esters is 1. The molecule has 0 radical (unpaired) electrons. The van der Waals surface area contributed by atoms with Crippen LogP contribution in [-0.2, 0) is 4.74 Å². The van der Waals surface area contributed by atoms with Crippen LogP contribution in [0.2, 0.25) is 0 Å². The number of thiazole rings is 1. The first-order valence-electron chi connectivity index (χ1n) is 6.77. The molecule has 0 fully saturated rings. The molecule has 0 amide bonds. The summed E-state index contributed by atoms with van der Waals surface area (Å²) in [5.74, 6) is 0.399. The third-order valence-corrected chi connectivity index (χ3v) is 4.03. The lowest BCUT2D eigenvalue weighted by Crippen LogP contribution is -2.09. The number of carbonyl (C=O) groups excluding carboxylic acids is 1. The fourth-order valence-electron chi connectivity index (χ4n) is 2.21. The van der Waals surface area contributed by atoms with Crippen LogP contribution in [0.3, 0.4) is 0 Å². The summed E-state index contributed by atoms with van der Waals surface area (Å²) in [6.45, 7) is 9.77. The molecule has 0 saturated carbocycles. The molecular formula is C14H19N3O3S. The van der Waals surface area contributed by atoms with E-state index in [1.807, 2.05) is 27.7 Å². The number of aryl methyl sites for hydroxylation is 3. The Morgan fingerprint density at radius 3 is 2.71 bits per heavy atom. The van der Waals surface area contributed by atoms with Crippen LogP contribution < -0.4 is 5.32 Å². The summed E-state index contributed by atoms with van der Waals surface area (Å²) >= 11 is 1.43. The van der Waals surface area contributed by atoms with Gasteiger partial charge in [-0.25, -0.2) is 9.78 Å². The molecule has 0 bridgehead atoms. The number of ether oxygens (including phenoxy) is 1. The van der Waals surface area contributed by atoms with E-state index < -0.39 is 0 Å². The Labute approximate surface area is 127 Å². The summed E-state index contributed by atoms with van der Waals surface area (Å²) < 4.78 is 10.2. The van der Waals surface area contributed by atoms with E-state index in [4.69, 9.17) is 9.26 Å². The van der Waals surface area contributed by atoms with E-state index in [1.165, 1.54) is 11.3 Å². The molecule has 1 atom stereocenters. The molecule has 114 valence electrons. The Morgan fingerprint density at radius 2 is 2.14 bits per heavy atom. The minimum Gasteiger partial charge on any atom is -0.461 e. The van der Waals surface area contributed by atoms with E-state index >= 15 is 0 Å². The van der Waals surface area contributed by atoms with Crippen molar-refractivity contribution in [3.63, 3.8) is 0 Å². The second kappa shape index (κ2) is 6.26. The molecule has 7 heteroatoms. The first-order valence-corrected chi connectivity index (χ1v) is 7.59. The van der Waals surface area contributed by atoms with Gasteiger partial charge in [-0.1, -0.05) is 5.16 Å². The van der Waals surface area contributed by atoms with Crippen molar-refractivity contribution in [1.82, 2.24) is 10.1 Å². The number of nitrogens with zero attached hydrogens (tertiary/aromatic N) is 2. The topological polar surface area (TPSA) is 77.2 Å². The van der Waals surface area contributed by atoms with Gasteiger partial charge < -0.3 is 14.6 Å². The molecule has 0 spiro atoms. The van der Waals surface area contributed by atoms with Crippen molar-refractivity contribution < 1.29 is 14.1 Å². The van der Waals surface area contributed by atoms with Crippen LogP contribution in [0.1, 0.15) is 52.3 Å². The smallest absolute Gasteiger partial charge is 0.358 e. The summed E-state index contributed by atoms with van der Waals surface area (Å²) in [6, 6.07) is -0.00292. The molecular weight excluding hydrogens is 290 g/mol. The molecule has 2 aromatic rings. The van der Waals surface area contributed by atoms with Crippen LogP contribution in [0, 0.1) is 20.8 Å². The lowest BCUT2D eigenvalue weighted by Gasteiger charge is -2.12. The Balaban J connectivity index is 2.17. The highest BCUT2D eigenvalue weighted by atomic mass is 32.1. The summed E-state index contributed by atoms with van der Waals surface area (Å²) in [6.07, 6.45) is 0. The number of hydrogen-bond donors (Lipinski definition) is 1. The van der Waals surface area contributed by atoms with Crippen molar-refractivity contribution in [3.8, 4) is 0 Å². The maximum atomic E-state index is 11.8. The largest absolute Gasteiger partial charge is 0.461 e. The van der Waals surface area contributed by atoms with Gasteiger partial charge in [0, 0.05) is 10.4 Å². The normalized spacial score (nSPS) is 12.2. The highest BCUT2D eigenvalue weighted by Crippen LogP contribution is 2.29. The van der Waals surface area contributed by atoms with Crippen LogP contribution in [0.5, 0.6) is 0 Å². The maximum absolute atomic E-state index is 11.8. The van der Waals surface area contributed by atoms with E-state index in [9.17, 15) is 4.79 Å². The van der Waals surface area contributed by atoms with Crippen molar-refractivity contribution in [2.45, 2.75) is 40.7 Å². The third kappa shape index (κ3) is 3.24. The number of aromatic nitrogens is 2. The predicted molar refractivity (Wildman–Crippen MR) is 80.8 cm³/mol. The van der Waals surface area contributed by atoms with E-state index in [0.29, 0.717) is 17.4 Å². The zero-order valence-electron chi connectivity index (χ0n) is 12.8. The molecule has 2 heterocycles. The summed E-state index contributed by atoms with van der Waals surface area (Å²) in [5.41, 5.74) is 2.24. The van der Waals surface area contributed by atoms with Gasteiger partial charge in [-0.2, -0.15) is 0 Å². The van der Waals surface area contributed by atoms with Crippen LogP contribution in [0.4, 0.5) is 5.13 Å². The zero-order chi connectivity index (χ0) is 15.6. The number of anilines is 1. The predicted octanol–water partition coefficient (Wildman–Crippen LogP) is 3.41. The van der Waals surface area contributed by atoms with Crippen molar-refractivity contribution >= 4 is 22.4 Å². The van der Waals surface area contributed by atoms with Crippen LogP contribution in [0.15, 0.2) is 4.52 Å². The molecule has 0 aliphatic rings. The van der Waals surface area contributed by atoms with Gasteiger partial charge in [0.25, 0.3) is 0 Å². The van der Waals surface area contributed by atoms with E-state index in [0.717, 1.165) is 21.9 Å². The first-order chi connectivity index (χ1) is 9.93. The van der Waals surface area contributed by atoms with Crippen molar-refractivity contribution in [1.29, 1.82) is 0 Å². The Kier molecular flexibility index (Phi) is 4.62. The van der Waals surface area contributed by atoms with E-state index in [-0.39, 0.29) is 12.0 Å². The quantitative estimate of drug-likeness (QED) is 0.853. The van der Waals surface area contributed by atoms with Gasteiger partial charge >= 0.3 is 5.97 Å². The van der Waals surface area contributed by atoms with Crippen molar-refractivity contribution in [2.75, 3.05) is 11.9 Å². The second-order valence-electron chi connectivity index (χ2n) is 4.75. The van der Waals surface area contributed by atoms with Gasteiger partial charge in [0.15, 0.2) is 10.8 Å². The summed E-state index contributed by atoms with van der Waals surface area (Å²) in [5, 5.41) is 7.92. The number of rotatable bonds is 5. The SMILES string of the molecule is CCOC(=O)c1nc(NC(C)c2c(C)noc2C)sc1C. The van der Waals surface area contributed by atoms with Gasteiger partial charge in [0.2, 0.25) is 0 Å². The first kappa shape index (κ1) is 15.5. The van der Waals surface area contributed by atoms with Crippen molar-refractivity contribution in [3.05, 3.63) is 27.6 Å². The highest BCUT2D eigenvalue weighted by molar-refractivity contribution is 7.15. The average Bonchev–Trinajstić information content (AvgIpc) is 2.93. The minimum atomic E-state index is -0.385. The van der Waals surface area contributed by atoms with Gasteiger partial charge in [-0.15, -0.1) is 11.3 Å². The molecule has 1 unspecified atom stereocenters. The lowest BCUT2D eigenvalue weighted by atomic mass is 10.1. The second-order valence-corrected chi connectivity index (χ2v) is 5.95. The summed E-state index contributed by atoms with van der Waals surface area (Å²) in [4.78, 5) is 16.9. The molecule has 2 rings (SSSR count). The van der Waals surface area contributed by atoms with Crippen LogP contribution in [-0.4, -0.2) is 22.7 Å². The van der Waals surface area contributed by atoms with Crippen LogP contribution in [0.25, 0.3) is 0 Å². The van der Waals surface area contributed by atoms with Gasteiger partial charge in [0.1, 0.15) is 5.76 Å². The molecule has 6 nitrogen and oxygen atoms in total. The Hall–Kier alpha value is -1.89. The van der Waals surface area contributed by atoms with Gasteiger partial charge in [0.05, 0.1) is 18.3 Å². The molecule has 21 heavy (non-hydrogen) atoms. The molecule has 1 N–H and O–H groups in total. The molecule has 0 aliphatic carbocycles. The Morgan fingerprint density at radius 1 is 1.43 bits per heavy atom. The summed E-state index contributed by atoms with van der Waals surface area (Å²) in [7, 11) is 0. The number of nitrogens with one attached hydrogen (secondary N) is 1. The van der Waals surface area contributed by atoms with Crippen LogP contribution >= 0.6 is 11.3 Å². The highest BCUT2D eigenvalue weighted by Gasteiger charge is 2.20. The molecule has 0 aliphatic heterocycles. The maximum Gasteiger partial charge on any atom is 0.358 e. The van der Waals surface area contributed by atoms with E-state index in [1.54, 1.807) is 6.92 Å². The average molecular weight is 309 g/mol. The third-order valence-electron chi connectivity index (χ3n) is 3.13. The fourth-order valence-corrected chi connectivity index (χ4v) is 3.10. The zero-order valence-corrected chi connectivity index (χ0v) is 13.6. The van der Waals surface area contributed by atoms with Crippen molar-refractivity contribution in [2.24, 2.45) is 0 Å².